The molecule has 0 fully saturated rings. The van der Waals surface area contributed by atoms with E-state index in [-0.39, 0.29) is 34.1 Å². The molecule has 0 aliphatic heterocycles. The fourth-order valence-corrected chi connectivity index (χ4v) is 4.51. The van der Waals surface area contributed by atoms with Gasteiger partial charge in [0.25, 0.3) is 0 Å². The maximum Gasteiger partial charge on any atom is 0.244 e. The molecule has 0 saturated carbocycles. The van der Waals surface area contributed by atoms with E-state index in [9.17, 15) is 18.0 Å². The van der Waals surface area contributed by atoms with Crippen LogP contribution in [-0.4, -0.2) is 50.5 Å². The Labute approximate surface area is 212 Å². The van der Waals surface area contributed by atoms with Crippen molar-refractivity contribution in [1.82, 2.24) is 10.2 Å². The number of nitrogens with one attached hydrogen (secondary N) is 1. The van der Waals surface area contributed by atoms with Gasteiger partial charge in [-0.2, -0.15) is 0 Å². The lowest BCUT2D eigenvalue weighted by atomic mass is 10.1. The average molecular weight is 529 g/mol. The number of anilines is 1. The molecule has 10 heteroatoms. The first-order valence-electron chi connectivity index (χ1n) is 11.0. The zero-order valence-electron chi connectivity index (χ0n) is 19.8. The van der Waals surface area contributed by atoms with Crippen molar-refractivity contribution >= 4 is 50.7 Å². The van der Waals surface area contributed by atoms with Crippen molar-refractivity contribution in [2.45, 2.75) is 39.8 Å². The summed E-state index contributed by atoms with van der Waals surface area (Å²) in [5, 5.41) is 3.32. The van der Waals surface area contributed by atoms with Crippen LogP contribution in [0.15, 0.2) is 48.5 Å². The molecule has 1 atom stereocenters. The molecule has 2 amide bonds. The molecule has 34 heavy (non-hydrogen) atoms. The van der Waals surface area contributed by atoms with Crippen molar-refractivity contribution in [1.29, 1.82) is 0 Å². The summed E-state index contributed by atoms with van der Waals surface area (Å²) in [6.45, 7) is 5.92. The van der Waals surface area contributed by atoms with Gasteiger partial charge in [-0.05, 0) is 36.1 Å². The number of hydrogen-bond acceptors (Lipinski definition) is 4. The van der Waals surface area contributed by atoms with Crippen LogP contribution in [0.3, 0.4) is 0 Å². The monoisotopic (exact) mass is 527 g/mol. The van der Waals surface area contributed by atoms with E-state index in [4.69, 9.17) is 23.2 Å². The van der Waals surface area contributed by atoms with Gasteiger partial charge in [0.2, 0.25) is 21.8 Å². The lowest BCUT2D eigenvalue weighted by Crippen LogP contribution is -2.52. The molecule has 7 nitrogen and oxygen atoms in total. The standard InChI is InChI=1S/C24H31Cl2N3O4S/c1-5-22(24(31)27-14-17(2)3)28(15-18-9-7-6-8-10-18)23(30)16-29(34(4,32)33)19-11-12-20(25)21(26)13-19/h6-13,17,22H,5,14-16H2,1-4H3,(H,27,31)/t22-/m0/s1. The fraction of sp³-hybridized carbons (Fsp3) is 0.417. The minimum atomic E-state index is -3.84. The molecule has 186 valence electrons. The number of hydrogen-bond donors (Lipinski definition) is 1. The lowest BCUT2D eigenvalue weighted by molar-refractivity contribution is -0.140. The van der Waals surface area contributed by atoms with Crippen molar-refractivity contribution in [2.75, 3.05) is 23.7 Å². The molecule has 0 aliphatic rings. The third-order valence-corrected chi connectivity index (χ3v) is 7.02. The Balaban J connectivity index is 2.41. The number of sulfonamides is 1. The summed E-state index contributed by atoms with van der Waals surface area (Å²) in [5.74, 6) is -0.539. The first-order chi connectivity index (χ1) is 15.9. The van der Waals surface area contributed by atoms with Crippen LogP contribution in [0, 0.1) is 5.92 Å². The highest BCUT2D eigenvalue weighted by Crippen LogP contribution is 2.28. The van der Waals surface area contributed by atoms with Crippen LogP contribution in [0.1, 0.15) is 32.8 Å². The van der Waals surface area contributed by atoms with E-state index in [2.05, 4.69) is 5.32 Å². The van der Waals surface area contributed by atoms with Crippen LogP contribution < -0.4 is 9.62 Å². The highest BCUT2D eigenvalue weighted by Gasteiger charge is 2.31. The predicted octanol–water partition coefficient (Wildman–Crippen LogP) is 4.34. The molecule has 0 aliphatic carbocycles. The molecule has 2 aromatic carbocycles. The van der Waals surface area contributed by atoms with Gasteiger partial charge >= 0.3 is 0 Å². The Morgan fingerprint density at radius 2 is 1.68 bits per heavy atom. The first kappa shape index (κ1) is 28.0. The summed E-state index contributed by atoms with van der Waals surface area (Å²) in [6.07, 6.45) is 1.38. The molecule has 0 aromatic heterocycles. The van der Waals surface area contributed by atoms with Crippen molar-refractivity contribution in [3.05, 3.63) is 64.1 Å². The highest BCUT2D eigenvalue weighted by molar-refractivity contribution is 7.92. The van der Waals surface area contributed by atoms with E-state index >= 15 is 0 Å². The predicted molar refractivity (Wildman–Crippen MR) is 138 cm³/mol. The maximum absolute atomic E-state index is 13.6. The third-order valence-electron chi connectivity index (χ3n) is 5.14. The smallest absolute Gasteiger partial charge is 0.244 e. The second-order valence-electron chi connectivity index (χ2n) is 8.44. The van der Waals surface area contributed by atoms with Crippen LogP contribution in [-0.2, 0) is 26.2 Å². The quantitative estimate of drug-likeness (QED) is 0.470. The SMILES string of the molecule is CC[C@@H](C(=O)NCC(C)C)N(Cc1ccccc1)C(=O)CN(c1ccc(Cl)c(Cl)c1)S(C)(=O)=O. The Morgan fingerprint density at radius 1 is 1.03 bits per heavy atom. The number of halogens is 2. The molecular weight excluding hydrogens is 497 g/mol. The van der Waals surface area contributed by atoms with Gasteiger partial charge in [0.05, 0.1) is 22.0 Å². The molecule has 0 saturated heterocycles. The zero-order chi connectivity index (χ0) is 25.5. The second-order valence-corrected chi connectivity index (χ2v) is 11.2. The van der Waals surface area contributed by atoms with Crippen LogP contribution >= 0.6 is 23.2 Å². The topological polar surface area (TPSA) is 86.8 Å². The van der Waals surface area contributed by atoms with Gasteiger partial charge in [0.15, 0.2) is 0 Å². The van der Waals surface area contributed by atoms with Crippen LogP contribution in [0.25, 0.3) is 0 Å². The first-order valence-corrected chi connectivity index (χ1v) is 13.6. The molecule has 1 N–H and O–H groups in total. The van der Waals surface area contributed by atoms with Gasteiger partial charge < -0.3 is 10.2 Å². The van der Waals surface area contributed by atoms with Gasteiger partial charge in [0, 0.05) is 13.1 Å². The second kappa shape index (κ2) is 12.4. The fourth-order valence-electron chi connectivity index (χ4n) is 3.38. The van der Waals surface area contributed by atoms with Gasteiger partial charge in [0.1, 0.15) is 12.6 Å². The number of amides is 2. The Morgan fingerprint density at radius 3 is 2.21 bits per heavy atom. The number of benzene rings is 2. The number of carbonyl (C=O) groups is 2. The summed E-state index contributed by atoms with van der Waals surface area (Å²) in [4.78, 5) is 28.0. The minimum Gasteiger partial charge on any atom is -0.354 e. The lowest BCUT2D eigenvalue weighted by Gasteiger charge is -2.33. The van der Waals surface area contributed by atoms with Crippen molar-refractivity contribution < 1.29 is 18.0 Å². The van der Waals surface area contributed by atoms with E-state index in [1.807, 2.05) is 51.1 Å². The number of carbonyl (C=O) groups excluding carboxylic acids is 2. The van der Waals surface area contributed by atoms with E-state index < -0.39 is 28.5 Å². The number of nitrogens with zero attached hydrogens (tertiary/aromatic N) is 2. The summed E-state index contributed by atoms with van der Waals surface area (Å²) in [7, 11) is -3.84. The van der Waals surface area contributed by atoms with Gasteiger partial charge in [-0.1, -0.05) is 74.3 Å². The van der Waals surface area contributed by atoms with Gasteiger partial charge in [-0.15, -0.1) is 0 Å². The molecule has 2 aromatic rings. The normalized spacial score (nSPS) is 12.3. The Bertz CT molecular complexity index is 1090. The van der Waals surface area contributed by atoms with Crippen molar-refractivity contribution in [3.63, 3.8) is 0 Å². The van der Waals surface area contributed by atoms with E-state index in [1.54, 1.807) is 0 Å². The summed E-state index contributed by atoms with van der Waals surface area (Å²) in [6, 6.07) is 12.8. The molecule has 0 unspecified atom stereocenters. The van der Waals surface area contributed by atoms with Gasteiger partial charge in [-0.25, -0.2) is 8.42 Å². The van der Waals surface area contributed by atoms with E-state index in [1.165, 1.54) is 23.1 Å². The van der Waals surface area contributed by atoms with Crippen LogP contribution in [0.5, 0.6) is 0 Å². The zero-order valence-corrected chi connectivity index (χ0v) is 22.1. The average Bonchev–Trinajstić information content (AvgIpc) is 2.77. The molecule has 0 spiro atoms. The minimum absolute atomic E-state index is 0.159. The molecule has 0 radical (unpaired) electrons. The molecular formula is C24H31Cl2N3O4S. The maximum atomic E-state index is 13.6. The largest absolute Gasteiger partial charge is 0.354 e. The number of rotatable bonds is 11. The molecule has 0 heterocycles. The van der Waals surface area contributed by atoms with E-state index in [0.717, 1.165) is 16.1 Å². The molecule has 0 bridgehead atoms. The summed E-state index contributed by atoms with van der Waals surface area (Å²) in [5.41, 5.74) is 1.04. The van der Waals surface area contributed by atoms with E-state index in [0.29, 0.717) is 13.0 Å². The van der Waals surface area contributed by atoms with Crippen LogP contribution in [0.4, 0.5) is 5.69 Å². The summed E-state index contributed by atoms with van der Waals surface area (Å²) >= 11 is 12.1. The molecule has 2 rings (SSSR count). The Hall–Kier alpha value is -2.29. The third kappa shape index (κ3) is 7.89. The highest BCUT2D eigenvalue weighted by atomic mass is 35.5. The summed E-state index contributed by atoms with van der Waals surface area (Å²) < 4.78 is 26.2. The van der Waals surface area contributed by atoms with Crippen molar-refractivity contribution in [3.8, 4) is 0 Å². The van der Waals surface area contributed by atoms with Gasteiger partial charge in [-0.3, -0.25) is 13.9 Å². The van der Waals surface area contributed by atoms with Crippen LogP contribution in [0.2, 0.25) is 10.0 Å². The Kier molecular flexibility index (Phi) is 10.2. The van der Waals surface area contributed by atoms with Crippen molar-refractivity contribution in [2.24, 2.45) is 5.92 Å².